The zero-order chi connectivity index (χ0) is 26.2. The van der Waals surface area contributed by atoms with Gasteiger partial charge in [-0.15, -0.1) is 10.2 Å². The van der Waals surface area contributed by atoms with Gasteiger partial charge in [0, 0.05) is 18.8 Å². The summed E-state index contributed by atoms with van der Waals surface area (Å²) in [5.74, 6) is 1.59. The van der Waals surface area contributed by atoms with E-state index >= 15 is 0 Å². The van der Waals surface area contributed by atoms with Gasteiger partial charge in [0.25, 0.3) is 0 Å². The minimum Gasteiger partial charge on any atom is -0.493 e. The zero-order valence-electron chi connectivity index (χ0n) is 21.3. The minimum absolute atomic E-state index is 0.117. The minimum atomic E-state index is -0.273. The van der Waals surface area contributed by atoms with Gasteiger partial charge in [0.15, 0.2) is 22.5 Å². The molecule has 0 bridgehead atoms. The summed E-state index contributed by atoms with van der Waals surface area (Å²) in [5.41, 5.74) is 4.86. The predicted octanol–water partition coefficient (Wildman–Crippen LogP) is 3.82. The van der Waals surface area contributed by atoms with Crippen molar-refractivity contribution >= 4 is 35.3 Å². The predicted molar refractivity (Wildman–Crippen MR) is 141 cm³/mol. The van der Waals surface area contributed by atoms with Gasteiger partial charge in [-0.05, 0) is 55.7 Å². The summed E-state index contributed by atoms with van der Waals surface area (Å²) in [6.45, 7) is 6.20. The van der Waals surface area contributed by atoms with Crippen LogP contribution in [0.1, 0.15) is 28.1 Å². The summed E-state index contributed by atoms with van der Waals surface area (Å²) in [6.07, 6.45) is 3.12. The Morgan fingerprint density at radius 1 is 1.03 bits per heavy atom. The molecule has 2 aromatic carbocycles. The lowest BCUT2D eigenvalue weighted by molar-refractivity contribution is -0.116. The number of hydrogen-bond donors (Lipinski definition) is 2. The monoisotopic (exact) mass is 509 g/mol. The lowest BCUT2D eigenvalue weighted by Gasteiger charge is -2.12. The van der Waals surface area contributed by atoms with Crippen molar-refractivity contribution in [2.45, 2.75) is 32.5 Å². The molecule has 2 N–H and O–H groups in total. The number of benzene rings is 2. The first kappa shape index (κ1) is 26.8. The molecular weight excluding hydrogens is 478 g/mol. The number of amides is 2. The molecule has 1 heterocycles. The van der Waals surface area contributed by atoms with E-state index in [1.54, 1.807) is 44.0 Å². The molecule has 0 aliphatic carbocycles. The van der Waals surface area contributed by atoms with E-state index in [1.807, 2.05) is 39.0 Å². The molecule has 0 saturated heterocycles. The molecule has 0 unspecified atom stereocenters. The van der Waals surface area contributed by atoms with Crippen molar-refractivity contribution in [1.82, 2.24) is 20.1 Å². The Bertz CT molecular complexity index is 1260. The number of carbonyl (C=O) groups excluding carboxylic acids is 2. The molecule has 2 amide bonds. The van der Waals surface area contributed by atoms with E-state index in [-0.39, 0.29) is 24.1 Å². The number of methoxy groups -OCH3 is 2. The highest BCUT2D eigenvalue weighted by Gasteiger charge is 2.14. The van der Waals surface area contributed by atoms with Gasteiger partial charge in [-0.1, -0.05) is 35.5 Å². The second kappa shape index (κ2) is 12.3. The van der Waals surface area contributed by atoms with Crippen LogP contribution >= 0.6 is 11.8 Å². The molecule has 0 atom stereocenters. The highest BCUT2D eigenvalue weighted by molar-refractivity contribution is 7.99. The van der Waals surface area contributed by atoms with Crippen LogP contribution in [0.2, 0.25) is 0 Å². The number of hydrogen-bond acceptors (Lipinski definition) is 7. The fourth-order valence-corrected chi connectivity index (χ4v) is 4.39. The van der Waals surface area contributed by atoms with Crippen molar-refractivity contribution in [3.05, 3.63) is 64.5 Å². The molecule has 0 spiro atoms. The fraction of sp³-hybridized carbons (Fsp3) is 0.308. The maximum absolute atomic E-state index is 12.5. The number of anilines is 1. The van der Waals surface area contributed by atoms with Crippen LogP contribution in [0.15, 0.2) is 41.6 Å². The average molecular weight is 510 g/mol. The molecule has 3 aromatic rings. The number of aryl methyl sites for hydroxylation is 3. The molecule has 10 heteroatoms. The molecule has 0 fully saturated rings. The summed E-state index contributed by atoms with van der Waals surface area (Å²) in [4.78, 5) is 24.8. The fourth-order valence-electron chi connectivity index (χ4n) is 3.66. The first-order valence-corrected chi connectivity index (χ1v) is 12.3. The summed E-state index contributed by atoms with van der Waals surface area (Å²) in [5, 5.41) is 14.7. The largest absolute Gasteiger partial charge is 0.493 e. The van der Waals surface area contributed by atoms with Gasteiger partial charge < -0.3 is 24.7 Å². The van der Waals surface area contributed by atoms with Crippen LogP contribution in [0.4, 0.5) is 5.69 Å². The Balaban J connectivity index is 1.52. The number of aromatic nitrogens is 3. The van der Waals surface area contributed by atoms with Gasteiger partial charge in [0.1, 0.15) is 0 Å². The van der Waals surface area contributed by atoms with E-state index in [2.05, 4.69) is 20.8 Å². The van der Waals surface area contributed by atoms with Gasteiger partial charge in [0.2, 0.25) is 11.8 Å². The first-order chi connectivity index (χ1) is 17.2. The van der Waals surface area contributed by atoms with E-state index in [0.29, 0.717) is 22.5 Å². The van der Waals surface area contributed by atoms with E-state index in [9.17, 15) is 9.59 Å². The van der Waals surface area contributed by atoms with Crippen molar-refractivity contribution in [3.63, 3.8) is 0 Å². The average Bonchev–Trinajstić information content (AvgIpc) is 3.21. The van der Waals surface area contributed by atoms with Gasteiger partial charge in [-0.3, -0.25) is 9.59 Å². The second-order valence-corrected chi connectivity index (χ2v) is 9.18. The first-order valence-electron chi connectivity index (χ1n) is 11.3. The van der Waals surface area contributed by atoms with E-state index in [1.165, 1.54) is 17.8 Å². The maximum atomic E-state index is 12.5. The van der Waals surface area contributed by atoms with Crippen LogP contribution in [0.3, 0.4) is 0 Å². The van der Waals surface area contributed by atoms with Crippen LogP contribution < -0.4 is 20.1 Å². The van der Waals surface area contributed by atoms with E-state index in [4.69, 9.17) is 9.47 Å². The van der Waals surface area contributed by atoms with E-state index < -0.39 is 0 Å². The number of ether oxygens (including phenoxy) is 2. The van der Waals surface area contributed by atoms with Gasteiger partial charge in [0.05, 0.1) is 26.5 Å². The van der Waals surface area contributed by atoms with Crippen LogP contribution in [0, 0.1) is 20.8 Å². The molecular formula is C26H31N5O4S. The third-order valence-corrected chi connectivity index (χ3v) is 6.47. The Morgan fingerprint density at radius 2 is 1.72 bits per heavy atom. The lowest BCUT2D eigenvalue weighted by atomic mass is 10.1. The van der Waals surface area contributed by atoms with Gasteiger partial charge >= 0.3 is 0 Å². The van der Waals surface area contributed by atoms with E-state index in [0.717, 1.165) is 27.9 Å². The number of nitrogens with one attached hydrogen (secondary N) is 2. The van der Waals surface area contributed by atoms with Crippen molar-refractivity contribution < 1.29 is 19.1 Å². The number of carbonyl (C=O) groups is 2. The molecule has 0 radical (unpaired) electrons. The number of thioether (sulfide) groups is 1. The zero-order valence-corrected chi connectivity index (χ0v) is 22.2. The SMILES string of the molecule is COc1ccc(/C=C/C(=O)NCc2nnc(SCC(=O)Nc3c(C)cc(C)cc3C)n2C)cc1OC. The Labute approximate surface area is 215 Å². The highest BCUT2D eigenvalue weighted by Crippen LogP contribution is 2.28. The Morgan fingerprint density at radius 3 is 2.39 bits per heavy atom. The van der Waals surface area contributed by atoms with Gasteiger partial charge in [-0.2, -0.15) is 0 Å². The van der Waals surface area contributed by atoms with Crippen molar-refractivity contribution in [1.29, 1.82) is 0 Å². The standard InChI is InChI=1S/C26H31N5O4S/c1-16-11-17(2)25(18(3)12-16)28-24(33)15-36-26-30-29-22(31(26)4)14-27-23(32)10-8-19-7-9-20(34-5)21(13-19)35-6/h7-13H,14-15H2,1-6H3,(H,27,32)(H,28,33)/b10-8+. The molecule has 0 aliphatic heterocycles. The maximum Gasteiger partial charge on any atom is 0.244 e. The quantitative estimate of drug-likeness (QED) is 0.316. The Hall–Kier alpha value is -3.79. The highest BCUT2D eigenvalue weighted by atomic mass is 32.2. The van der Waals surface area contributed by atoms with Crippen LogP contribution in [0.25, 0.3) is 6.08 Å². The number of nitrogens with zero attached hydrogens (tertiary/aromatic N) is 3. The summed E-state index contributed by atoms with van der Waals surface area (Å²) >= 11 is 1.29. The summed E-state index contributed by atoms with van der Waals surface area (Å²) < 4.78 is 12.3. The van der Waals surface area contributed by atoms with Crippen LogP contribution in [-0.4, -0.2) is 46.6 Å². The molecule has 0 saturated carbocycles. The Kier molecular flexibility index (Phi) is 9.13. The van der Waals surface area contributed by atoms with Crippen LogP contribution in [0.5, 0.6) is 11.5 Å². The molecule has 0 aliphatic rings. The normalized spacial score (nSPS) is 10.9. The third-order valence-electron chi connectivity index (χ3n) is 5.45. The topological polar surface area (TPSA) is 107 Å². The molecule has 1 aromatic heterocycles. The lowest BCUT2D eigenvalue weighted by Crippen LogP contribution is -2.22. The molecule has 190 valence electrons. The third kappa shape index (κ3) is 6.88. The van der Waals surface area contributed by atoms with Crippen LogP contribution in [-0.2, 0) is 23.2 Å². The number of rotatable bonds is 10. The van der Waals surface area contributed by atoms with Gasteiger partial charge in [-0.25, -0.2) is 0 Å². The second-order valence-electron chi connectivity index (χ2n) is 8.23. The van der Waals surface area contributed by atoms with Crippen molar-refractivity contribution in [2.75, 3.05) is 25.3 Å². The van der Waals surface area contributed by atoms with Crippen molar-refractivity contribution in [2.24, 2.45) is 7.05 Å². The molecule has 36 heavy (non-hydrogen) atoms. The summed E-state index contributed by atoms with van der Waals surface area (Å²) in [6, 6.07) is 9.48. The smallest absolute Gasteiger partial charge is 0.244 e. The summed E-state index contributed by atoms with van der Waals surface area (Å²) in [7, 11) is 4.93. The van der Waals surface area contributed by atoms with Crippen molar-refractivity contribution in [3.8, 4) is 11.5 Å². The molecule has 3 rings (SSSR count). The molecule has 9 nitrogen and oxygen atoms in total.